The normalized spacial score (nSPS) is 12.5. The summed E-state index contributed by atoms with van der Waals surface area (Å²) in [6, 6.07) is 8.82. The average Bonchev–Trinajstić information content (AvgIpc) is 2.26. The van der Waals surface area contributed by atoms with E-state index in [9.17, 15) is 4.39 Å². The summed E-state index contributed by atoms with van der Waals surface area (Å²) in [6.45, 7) is 6.25. The van der Waals surface area contributed by atoms with Gasteiger partial charge in [0.05, 0.1) is 4.83 Å². The Hall–Kier alpha value is -0.860. The van der Waals surface area contributed by atoms with Gasteiger partial charge in [0.2, 0.25) is 0 Å². The zero-order valence-corrected chi connectivity index (χ0v) is 13.4. The number of halogens is 3. The molecule has 1 unspecified atom stereocenters. The number of benzene rings is 2. The molecule has 0 nitrogen and oxygen atoms in total. The summed E-state index contributed by atoms with van der Waals surface area (Å²) in [5, 5.41) is 0.446. The van der Waals surface area contributed by atoms with E-state index in [1.54, 1.807) is 6.07 Å². The van der Waals surface area contributed by atoms with Crippen molar-refractivity contribution < 1.29 is 4.39 Å². The lowest BCUT2D eigenvalue weighted by molar-refractivity contribution is 0.627. The fourth-order valence-corrected chi connectivity index (χ4v) is 3.98. The third-order valence-corrected chi connectivity index (χ3v) is 4.51. The first-order chi connectivity index (χ1) is 8.90. The van der Waals surface area contributed by atoms with Crippen LogP contribution in [-0.4, -0.2) is 0 Å². The molecule has 2 aromatic rings. The van der Waals surface area contributed by atoms with Crippen molar-refractivity contribution >= 4 is 27.5 Å². The lowest BCUT2D eigenvalue weighted by atomic mass is 9.94. The highest BCUT2D eigenvalue weighted by atomic mass is 79.9. The van der Waals surface area contributed by atoms with E-state index >= 15 is 0 Å². The molecule has 0 aliphatic carbocycles. The molecule has 3 heteroatoms. The molecule has 0 heterocycles. The summed E-state index contributed by atoms with van der Waals surface area (Å²) >= 11 is 9.83. The second-order valence-corrected chi connectivity index (χ2v) is 6.16. The minimum Gasteiger partial charge on any atom is -0.207 e. The van der Waals surface area contributed by atoms with Crippen LogP contribution < -0.4 is 0 Å². The molecule has 0 aliphatic heterocycles. The zero-order valence-electron chi connectivity index (χ0n) is 11.1. The van der Waals surface area contributed by atoms with Crippen LogP contribution in [0.3, 0.4) is 0 Å². The first-order valence-electron chi connectivity index (χ1n) is 6.07. The van der Waals surface area contributed by atoms with Crippen LogP contribution in [0.15, 0.2) is 30.3 Å². The highest BCUT2D eigenvalue weighted by Gasteiger charge is 2.18. The predicted molar refractivity (Wildman–Crippen MR) is 82.8 cm³/mol. The van der Waals surface area contributed by atoms with E-state index in [1.807, 2.05) is 0 Å². The number of hydrogen-bond acceptors (Lipinski definition) is 0. The Morgan fingerprint density at radius 3 is 2.16 bits per heavy atom. The molecule has 0 aliphatic rings. The van der Waals surface area contributed by atoms with Crippen molar-refractivity contribution in [2.75, 3.05) is 0 Å². The van der Waals surface area contributed by atoms with E-state index in [4.69, 9.17) is 11.6 Å². The van der Waals surface area contributed by atoms with Crippen molar-refractivity contribution in [3.8, 4) is 0 Å². The van der Waals surface area contributed by atoms with Crippen molar-refractivity contribution in [3.63, 3.8) is 0 Å². The van der Waals surface area contributed by atoms with Crippen molar-refractivity contribution in [3.05, 3.63) is 69.0 Å². The quantitative estimate of drug-likeness (QED) is 0.598. The fraction of sp³-hybridized carbons (Fsp3) is 0.250. The maximum Gasteiger partial charge on any atom is 0.124 e. The topological polar surface area (TPSA) is 0 Å². The van der Waals surface area contributed by atoms with Gasteiger partial charge in [-0.05, 0) is 55.2 Å². The first-order valence-corrected chi connectivity index (χ1v) is 7.36. The maximum atomic E-state index is 13.1. The summed E-state index contributed by atoms with van der Waals surface area (Å²) in [5.74, 6) is -0.314. The minimum absolute atomic E-state index is 0.0267. The Balaban J connectivity index is 2.53. The smallest absolute Gasteiger partial charge is 0.124 e. The summed E-state index contributed by atoms with van der Waals surface area (Å²) in [5.41, 5.74) is 5.74. The molecule has 0 saturated heterocycles. The van der Waals surface area contributed by atoms with E-state index in [0.29, 0.717) is 5.02 Å². The van der Waals surface area contributed by atoms with Gasteiger partial charge in [-0.25, -0.2) is 4.39 Å². The Labute approximate surface area is 126 Å². The van der Waals surface area contributed by atoms with Gasteiger partial charge >= 0.3 is 0 Å². The number of aryl methyl sites for hydroxylation is 3. The third-order valence-electron chi connectivity index (χ3n) is 3.23. The van der Waals surface area contributed by atoms with Crippen LogP contribution in [0, 0.1) is 26.6 Å². The lowest BCUT2D eigenvalue weighted by Crippen LogP contribution is -2.01. The van der Waals surface area contributed by atoms with Crippen LogP contribution >= 0.6 is 27.5 Å². The van der Waals surface area contributed by atoms with Crippen LogP contribution in [0.5, 0.6) is 0 Å². The van der Waals surface area contributed by atoms with Crippen molar-refractivity contribution in [1.29, 1.82) is 0 Å². The number of hydrogen-bond donors (Lipinski definition) is 0. The highest BCUT2D eigenvalue weighted by Crippen LogP contribution is 2.38. The molecule has 2 rings (SSSR count). The molecule has 0 spiro atoms. The predicted octanol–water partition coefficient (Wildman–Crippen LogP) is 5.89. The molecule has 0 bridgehead atoms. The van der Waals surface area contributed by atoms with E-state index < -0.39 is 0 Å². The average molecular weight is 342 g/mol. The molecule has 19 heavy (non-hydrogen) atoms. The van der Waals surface area contributed by atoms with Gasteiger partial charge in [0, 0.05) is 5.02 Å². The van der Waals surface area contributed by atoms with Gasteiger partial charge in [-0.1, -0.05) is 51.3 Å². The maximum absolute atomic E-state index is 13.1. The molecular weight excluding hydrogens is 327 g/mol. The lowest BCUT2D eigenvalue weighted by Gasteiger charge is -2.18. The molecule has 0 fully saturated rings. The zero-order chi connectivity index (χ0) is 14.2. The van der Waals surface area contributed by atoms with Gasteiger partial charge in [0.1, 0.15) is 5.82 Å². The second kappa shape index (κ2) is 5.64. The SMILES string of the molecule is Cc1cc(C)c(C(Br)c2ccc(F)cc2Cl)c(C)c1. The van der Waals surface area contributed by atoms with Gasteiger partial charge in [0.15, 0.2) is 0 Å². The summed E-state index contributed by atoms with van der Waals surface area (Å²) in [6.07, 6.45) is 0. The molecule has 0 N–H and O–H groups in total. The Bertz CT molecular complexity index is 599. The fourth-order valence-electron chi connectivity index (χ4n) is 2.45. The van der Waals surface area contributed by atoms with E-state index in [2.05, 4.69) is 48.8 Å². The monoisotopic (exact) mass is 340 g/mol. The molecule has 0 radical (unpaired) electrons. The minimum atomic E-state index is -0.314. The molecule has 100 valence electrons. The molecule has 1 atom stereocenters. The first kappa shape index (κ1) is 14.5. The standard InChI is InChI=1S/C16H15BrClF/c1-9-6-10(2)15(11(3)7-9)16(17)13-5-4-12(19)8-14(13)18/h4-8,16H,1-3H3. The Kier molecular flexibility index (Phi) is 4.32. The number of alkyl halides is 1. The van der Waals surface area contributed by atoms with E-state index in [0.717, 1.165) is 5.56 Å². The van der Waals surface area contributed by atoms with Crippen LogP contribution in [-0.2, 0) is 0 Å². The summed E-state index contributed by atoms with van der Waals surface area (Å²) < 4.78 is 13.1. The Morgan fingerprint density at radius 1 is 1.05 bits per heavy atom. The number of rotatable bonds is 2. The third kappa shape index (κ3) is 3.01. The van der Waals surface area contributed by atoms with Crippen molar-refractivity contribution in [2.45, 2.75) is 25.6 Å². The highest BCUT2D eigenvalue weighted by molar-refractivity contribution is 9.09. The summed E-state index contributed by atoms with van der Waals surface area (Å²) in [4.78, 5) is -0.0267. The van der Waals surface area contributed by atoms with Crippen LogP contribution in [0.2, 0.25) is 5.02 Å². The molecule has 0 saturated carbocycles. The van der Waals surface area contributed by atoms with Crippen LogP contribution in [0.1, 0.15) is 32.6 Å². The second-order valence-electron chi connectivity index (χ2n) is 4.84. The van der Waals surface area contributed by atoms with Gasteiger partial charge in [-0.3, -0.25) is 0 Å². The molecule has 0 amide bonds. The van der Waals surface area contributed by atoms with E-state index in [-0.39, 0.29) is 10.6 Å². The van der Waals surface area contributed by atoms with Crippen LogP contribution in [0.25, 0.3) is 0 Å². The van der Waals surface area contributed by atoms with Gasteiger partial charge in [-0.2, -0.15) is 0 Å². The van der Waals surface area contributed by atoms with E-state index in [1.165, 1.54) is 34.4 Å². The van der Waals surface area contributed by atoms with Gasteiger partial charge in [0.25, 0.3) is 0 Å². The Morgan fingerprint density at radius 2 is 1.63 bits per heavy atom. The largest absolute Gasteiger partial charge is 0.207 e. The molecular formula is C16H15BrClF. The molecule has 2 aromatic carbocycles. The van der Waals surface area contributed by atoms with Gasteiger partial charge < -0.3 is 0 Å². The van der Waals surface area contributed by atoms with Crippen molar-refractivity contribution in [1.82, 2.24) is 0 Å². The summed E-state index contributed by atoms with van der Waals surface area (Å²) in [7, 11) is 0. The van der Waals surface area contributed by atoms with Crippen LogP contribution in [0.4, 0.5) is 4.39 Å². The van der Waals surface area contributed by atoms with Gasteiger partial charge in [-0.15, -0.1) is 0 Å². The molecule has 0 aromatic heterocycles. The van der Waals surface area contributed by atoms with Crippen molar-refractivity contribution in [2.24, 2.45) is 0 Å².